The Kier molecular flexibility index (Phi) is 3.08. The van der Waals surface area contributed by atoms with E-state index in [2.05, 4.69) is 20.5 Å². The largest absolute Gasteiger partial charge is 0.479 e. The standard InChI is InChI=1S/C10H14N6O/c1-16-6-13-15-9(16)5-12-8-4-3-7(11)10(14-8)17-2/h3-4,6H,5,11H2,1-2H3,(H,12,14). The summed E-state index contributed by atoms with van der Waals surface area (Å²) in [6.45, 7) is 0.538. The number of aryl methyl sites for hydroxylation is 1. The molecule has 0 atom stereocenters. The molecule has 17 heavy (non-hydrogen) atoms. The van der Waals surface area contributed by atoms with Gasteiger partial charge in [-0.3, -0.25) is 0 Å². The van der Waals surface area contributed by atoms with Gasteiger partial charge in [-0.15, -0.1) is 10.2 Å². The first-order valence-corrected chi connectivity index (χ1v) is 5.08. The highest BCUT2D eigenvalue weighted by Gasteiger charge is 2.04. The van der Waals surface area contributed by atoms with Crippen molar-refractivity contribution < 1.29 is 4.74 Å². The average Bonchev–Trinajstić information content (AvgIpc) is 2.74. The fourth-order valence-electron chi connectivity index (χ4n) is 1.35. The Morgan fingerprint density at radius 1 is 1.47 bits per heavy atom. The second kappa shape index (κ2) is 4.69. The molecule has 0 unspecified atom stereocenters. The molecule has 3 N–H and O–H groups in total. The first-order valence-electron chi connectivity index (χ1n) is 5.08. The lowest BCUT2D eigenvalue weighted by atomic mass is 10.4. The van der Waals surface area contributed by atoms with E-state index in [1.807, 2.05) is 11.6 Å². The van der Waals surface area contributed by atoms with Gasteiger partial charge in [0.2, 0.25) is 5.88 Å². The van der Waals surface area contributed by atoms with Crippen molar-refractivity contribution in [1.82, 2.24) is 19.7 Å². The van der Waals surface area contributed by atoms with Crippen LogP contribution in [0.15, 0.2) is 18.5 Å². The van der Waals surface area contributed by atoms with Gasteiger partial charge in [0.05, 0.1) is 19.3 Å². The van der Waals surface area contributed by atoms with Crippen LogP contribution in [0.5, 0.6) is 5.88 Å². The second-order valence-corrected chi connectivity index (χ2v) is 3.51. The number of hydrogen-bond donors (Lipinski definition) is 2. The van der Waals surface area contributed by atoms with Gasteiger partial charge in [0.25, 0.3) is 0 Å². The quantitative estimate of drug-likeness (QED) is 0.796. The molecule has 0 radical (unpaired) electrons. The van der Waals surface area contributed by atoms with Crippen LogP contribution in [0.1, 0.15) is 5.82 Å². The number of methoxy groups -OCH3 is 1. The molecule has 0 saturated carbocycles. The minimum atomic E-state index is 0.410. The molecular formula is C10H14N6O. The summed E-state index contributed by atoms with van der Waals surface area (Å²) >= 11 is 0. The number of aromatic nitrogens is 4. The molecule has 0 aliphatic heterocycles. The molecule has 0 aromatic carbocycles. The van der Waals surface area contributed by atoms with Crippen molar-refractivity contribution in [3.05, 3.63) is 24.3 Å². The first-order chi connectivity index (χ1) is 8.20. The normalized spacial score (nSPS) is 10.2. The third kappa shape index (κ3) is 2.44. The summed E-state index contributed by atoms with van der Waals surface area (Å²) in [4.78, 5) is 4.20. The monoisotopic (exact) mass is 234 g/mol. The SMILES string of the molecule is COc1nc(NCc2nncn2C)ccc1N. The van der Waals surface area contributed by atoms with Crippen LogP contribution in [0.25, 0.3) is 0 Å². The van der Waals surface area contributed by atoms with Crippen molar-refractivity contribution in [2.24, 2.45) is 7.05 Å². The highest BCUT2D eigenvalue weighted by molar-refractivity contribution is 5.53. The van der Waals surface area contributed by atoms with Crippen LogP contribution in [0.2, 0.25) is 0 Å². The summed E-state index contributed by atoms with van der Waals surface area (Å²) in [5, 5.41) is 10.9. The number of rotatable bonds is 4. The molecule has 0 aliphatic rings. The van der Waals surface area contributed by atoms with Crippen molar-refractivity contribution in [3.8, 4) is 5.88 Å². The zero-order valence-corrected chi connectivity index (χ0v) is 9.71. The summed E-state index contributed by atoms with van der Waals surface area (Å²) in [5.74, 6) is 1.91. The van der Waals surface area contributed by atoms with Gasteiger partial charge in [0.1, 0.15) is 12.1 Å². The van der Waals surface area contributed by atoms with Gasteiger partial charge in [-0.05, 0) is 12.1 Å². The Hall–Kier alpha value is -2.31. The molecule has 7 heteroatoms. The number of hydrogen-bond acceptors (Lipinski definition) is 6. The number of nitrogens with one attached hydrogen (secondary N) is 1. The summed E-state index contributed by atoms with van der Waals surface area (Å²) < 4.78 is 6.87. The lowest BCUT2D eigenvalue weighted by Gasteiger charge is -2.08. The van der Waals surface area contributed by atoms with E-state index in [0.29, 0.717) is 23.9 Å². The van der Waals surface area contributed by atoms with E-state index in [9.17, 15) is 0 Å². The lowest BCUT2D eigenvalue weighted by Crippen LogP contribution is -2.07. The number of ether oxygens (including phenoxy) is 1. The Labute approximate surface area is 98.6 Å². The van der Waals surface area contributed by atoms with E-state index in [1.54, 1.807) is 18.5 Å². The summed E-state index contributed by atoms with van der Waals surface area (Å²) in [7, 11) is 3.42. The molecule has 0 spiro atoms. The topological polar surface area (TPSA) is 90.9 Å². The van der Waals surface area contributed by atoms with Crippen molar-refractivity contribution in [3.63, 3.8) is 0 Å². The maximum Gasteiger partial charge on any atom is 0.238 e. The minimum absolute atomic E-state index is 0.410. The molecule has 0 bridgehead atoms. The van der Waals surface area contributed by atoms with Gasteiger partial charge in [0, 0.05) is 7.05 Å². The van der Waals surface area contributed by atoms with Gasteiger partial charge in [0.15, 0.2) is 5.82 Å². The maximum atomic E-state index is 5.67. The third-order valence-corrected chi connectivity index (χ3v) is 2.32. The van der Waals surface area contributed by atoms with E-state index in [4.69, 9.17) is 10.5 Å². The van der Waals surface area contributed by atoms with E-state index in [-0.39, 0.29) is 0 Å². The van der Waals surface area contributed by atoms with Gasteiger partial charge in [-0.1, -0.05) is 0 Å². The van der Waals surface area contributed by atoms with Crippen LogP contribution < -0.4 is 15.8 Å². The number of nitrogens with zero attached hydrogens (tertiary/aromatic N) is 4. The molecule has 0 amide bonds. The van der Waals surface area contributed by atoms with Crippen LogP contribution in [0.3, 0.4) is 0 Å². The van der Waals surface area contributed by atoms with Crippen LogP contribution in [0.4, 0.5) is 11.5 Å². The minimum Gasteiger partial charge on any atom is -0.479 e. The van der Waals surface area contributed by atoms with Crippen molar-refractivity contribution in [1.29, 1.82) is 0 Å². The summed E-state index contributed by atoms with van der Waals surface area (Å²) in [5.41, 5.74) is 6.18. The average molecular weight is 234 g/mol. The summed E-state index contributed by atoms with van der Waals surface area (Å²) in [6, 6.07) is 3.53. The highest BCUT2D eigenvalue weighted by atomic mass is 16.5. The molecule has 2 aromatic heterocycles. The van der Waals surface area contributed by atoms with Gasteiger partial charge in [-0.25, -0.2) is 0 Å². The maximum absolute atomic E-state index is 5.67. The molecular weight excluding hydrogens is 220 g/mol. The van der Waals surface area contributed by atoms with Crippen LogP contribution in [0, 0.1) is 0 Å². The van der Waals surface area contributed by atoms with Crippen LogP contribution in [-0.2, 0) is 13.6 Å². The zero-order chi connectivity index (χ0) is 12.3. The van der Waals surface area contributed by atoms with Gasteiger partial charge in [-0.2, -0.15) is 4.98 Å². The predicted octanol–water partition coefficient (Wildman–Crippen LogP) is 0.413. The van der Waals surface area contributed by atoms with Crippen molar-refractivity contribution in [2.75, 3.05) is 18.2 Å². The third-order valence-electron chi connectivity index (χ3n) is 2.32. The highest BCUT2D eigenvalue weighted by Crippen LogP contribution is 2.20. The fourth-order valence-corrected chi connectivity index (χ4v) is 1.35. The molecule has 0 saturated heterocycles. The molecule has 0 aliphatic carbocycles. The molecule has 0 fully saturated rings. The molecule has 2 aromatic rings. The Morgan fingerprint density at radius 2 is 2.29 bits per heavy atom. The predicted molar refractivity (Wildman–Crippen MR) is 63.5 cm³/mol. The lowest BCUT2D eigenvalue weighted by molar-refractivity contribution is 0.401. The van der Waals surface area contributed by atoms with Crippen molar-refractivity contribution in [2.45, 2.75) is 6.54 Å². The molecule has 90 valence electrons. The van der Waals surface area contributed by atoms with Crippen LogP contribution in [-0.4, -0.2) is 26.9 Å². The number of pyridine rings is 1. The second-order valence-electron chi connectivity index (χ2n) is 3.51. The van der Waals surface area contributed by atoms with Crippen molar-refractivity contribution >= 4 is 11.5 Å². The number of nitrogen functional groups attached to an aromatic ring is 1. The molecule has 2 rings (SSSR count). The van der Waals surface area contributed by atoms with Gasteiger partial charge < -0.3 is 20.4 Å². The summed E-state index contributed by atoms with van der Waals surface area (Å²) in [6.07, 6.45) is 1.65. The Morgan fingerprint density at radius 3 is 2.94 bits per heavy atom. The first kappa shape index (κ1) is 11.2. The Bertz CT molecular complexity index is 509. The molecule has 2 heterocycles. The smallest absolute Gasteiger partial charge is 0.238 e. The van der Waals surface area contributed by atoms with E-state index in [1.165, 1.54) is 7.11 Å². The van der Waals surface area contributed by atoms with E-state index >= 15 is 0 Å². The van der Waals surface area contributed by atoms with E-state index < -0.39 is 0 Å². The number of anilines is 2. The number of nitrogens with two attached hydrogens (primary N) is 1. The van der Waals surface area contributed by atoms with Gasteiger partial charge >= 0.3 is 0 Å². The fraction of sp³-hybridized carbons (Fsp3) is 0.300. The van der Waals surface area contributed by atoms with Crippen LogP contribution >= 0.6 is 0 Å². The Balaban J connectivity index is 2.07. The zero-order valence-electron chi connectivity index (χ0n) is 9.71. The van der Waals surface area contributed by atoms with E-state index in [0.717, 1.165) is 5.82 Å². The molecule has 7 nitrogen and oxygen atoms in total.